The summed E-state index contributed by atoms with van der Waals surface area (Å²) in [7, 11) is 0. The molecule has 0 fully saturated rings. The number of carbonyl (C=O) groups is 1. The van der Waals surface area contributed by atoms with Crippen molar-refractivity contribution in [3.63, 3.8) is 0 Å². The lowest BCUT2D eigenvalue weighted by atomic mass is 10.2. The van der Waals surface area contributed by atoms with Crippen molar-refractivity contribution in [1.29, 1.82) is 0 Å². The summed E-state index contributed by atoms with van der Waals surface area (Å²) in [4.78, 5) is 12.2. The molecule has 0 saturated carbocycles. The number of hydrogen-bond donors (Lipinski definition) is 1. The maximum atomic E-state index is 12.9. The Morgan fingerprint density at radius 3 is 2.62 bits per heavy atom. The molecule has 2 aromatic carbocycles. The first-order chi connectivity index (χ1) is 12.5. The second kappa shape index (κ2) is 7.96. The zero-order valence-electron chi connectivity index (χ0n) is 13.2. The average Bonchev–Trinajstić information content (AvgIpc) is 3.10. The van der Waals surface area contributed by atoms with Crippen LogP contribution in [0.25, 0.3) is 0 Å². The Balaban J connectivity index is 1.63. The number of benzene rings is 2. The molecule has 0 saturated heterocycles. The monoisotopic (exact) mass is 379 g/mol. The first-order valence-corrected chi connectivity index (χ1v) is 8.23. The maximum absolute atomic E-state index is 12.9. The van der Waals surface area contributed by atoms with Crippen LogP contribution in [-0.4, -0.2) is 16.1 Å². The van der Waals surface area contributed by atoms with Gasteiger partial charge in [-0.3, -0.25) is 10.1 Å². The third-order valence-electron chi connectivity index (χ3n) is 3.26. The molecule has 5 nitrogen and oxygen atoms in total. The quantitative estimate of drug-likeness (QED) is 0.687. The Labute approximate surface area is 150 Å². The van der Waals surface area contributed by atoms with E-state index in [1.807, 2.05) is 0 Å². The number of carbonyl (C=O) groups excluding carboxylic acids is 1. The maximum Gasteiger partial charge on any atom is 0.291 e. The number of amides is 1. The van der Waals surface area contributed by atoms with Gasteiger partial charge in [0, 0.05) is 5.56 Å². The van der Waals surface area contributed by atoms with Gasteiger partial charge < -0.3 is 4.74 Å². The fraction of sp³-hybridized carbons (Fsp3) is 0.118. The van der Waals surface area contributed by atoms with E-state index in [4.69, 9.17) is 4.74 Å². The van der Waals surface area contributed by atoms with Crippen LogP contribution in [-0.2, 0) is 6.61 Å². The summed E-state index contributed by atoms with van der Waals surface area (Å²) >= 11 is 0.611. The van der Waals surface area contributed by atoms with Gasteiger partial charge in [0.1, 0.15) is 18.2 Å². The van der Waals surface area contributed by atoms with Crippen LogP contribution in [0.15, 0.2) is 48.5 Å². The molecular formula is C17H12F3N3O2S. The van der Waals surface area contributed by atoms with Gasteiger partial charge in [0.05, 0.1) is 0 Å². The van der Waals surface area contributed by atoms with E-state index in [1.54, 1.807) is 30.3 Å². The predicted octanol–water partition coefficient (Wildman–Crippen LogP) is 4.45. The van der Waals surface area contributed by atoms with Gasteiger partial charge in [-0.15, -0.1) is 10.2 Å². The van der Waals surface area contributed by atoms with Crippen molar-refractivity contribution in [2.24, 2.45) is 0 Å². The molecular weight excluding hydrogens is 367 g/mol. The normalized spacial score (nSPS) is 10.8. The van der Waals surface area contributed by atoms with Crippen LogP contribution in [0.5, 0.6) is 5.75 Å². The summed E-state index contributed by atoms with van der Waals surface area (Å²) in [6.45, 7) is 0.208. The van der Waals surface area contributed by atoms with Gasteiger partial charge in [0.15, 0.2) is 5.01 Å². The number of nitrogens with one attached hydrogen (secondary N) is 1. The van der Waals surface area contributed by atoms with E-state index in [2.05, 4.69) is 15.5 Å². The number of aromatic nitrogens is 2. The van der Waals surface area contributed by atoms with Gasteiger partial charge >= 0.3 is 0 Å². The molecule has 134 valence electrons. The molecule has 26 heavy (non-hydrogen) atoms. The standard InChI is InChI=1S/C17H12F3N3O2S/c18-12-6-4-10(5-7-12)9-25-13-3-1-2-11(8-13)15(24)21-17-23-22-16(26-17)14(19)20/h1-8,14H,9H2,(H,21,23,24). The fourth-order valence-electron chi connectivity index (χ4n) is 2.02. The van der Waals surface area contributed by atoms with Gasteiger partial charge in [0.2, 0.25) is 5.13 Å². The lowest BCUT2D eigenvalue weighted by Gasteiger charge is -2.08. The van der Waals surface area contributed by atoms with Crippen LogP contribution in [0.4, 0.5) is 18.3 Å². The topological polar surface area (TPSA) is 64.1 Å². The minimum atomic E-state index is -2.73. The van der Waals surface area contributed by atoms with E-state index >= 15 is 0 Å². The van der Waals surface area contributed by atoms with Crippen molar-refractivity contribution < 1.29 is 22.7 Å². The number of rotatable bonds is 6. The second-order valence-electron chi connectivity index (χ2n) is 5.14. The summed E-state index contributed by atoms with van der Waals surface area (Å²) in [5.41, 5.74) is 1.05. The zero-order chi connectivity index (χ0) is 18.5. The smallest absolute Gasteiger partial charge is 0.291 e. The molecule has 1 aromatic heterocycles. The lowest BCUT2D eigenvalue weighted by Crippen LogP contribution is -2.11. The predicted molar refractivity (Wildman–Crippen MR) is 90.0 cm³/mol. The minimum Gasteiger partial charge on any atom is -0.489 e. The van der Waals surface area contributed by atoms with Gasteiger partial charge in [-0.25, -0.2) is 13.2 Å². The Hall–Kier alpha value is -2.94. The molecule has 0 spiro atoms. The van der Waals surface area contributed by atoms with Gasteiger partial charge in [-0.2, -0.15) is 0 Å². The van der Waals surface area contributed by atoms with Crippen molar-refractivity contribution in [1.82, 2.24) is 10.2 Å². The number of halogens is 3. The molecule has 1 N–H and O–H groups in total. The Bertz CT molecular complexity index is 900. The SMILES string of the molecule is O=C(Nc1nnc(C(F)F)s1)c1cccc(OCc2ccc(F)cc2)c1. The van der Waals surface area contributed by atoms with Crippen LogP contribution in [0.1, 0.15) is 27.4 Å². The van der Waals surface area contributed by atoms with Crippen molar-refractivity contribution in [3.8, 4) is 5.75 Å². The van der Waals surface area contributed by atoms with Crippen molar-refractivity contribution >= 4 is 22.4 Å². The summed E-state index contributed by atoms with van der Waals surface area (Å²) < 4.78 is 43.5. The molecule has 3 aromatic rings. The van der Waals surface area contributed by atoms with E-state index in [9.17, 15) is 18.0 Å². The Morgan fingerprint density at radius 2 is 1.92 bits per heavy atom. The summed E-state index contributed by atoms with van der Waals surface area (Å²) in [6, 6.07) is 12.2. The molecule has 0 unspecified atom stereocenters. The van der Waals surface area contributed by atoms with Crippen LogP contribution in [0, 0.1) is 5.82 Å². The summed E-state index contributed by atoms with van der Waals surface area (Å²) in [6.07, 6.45) is -2.73. The highest BCUT2D eigenvalue weighted by molar-refractivity contribution is 7.15. The van der Waals surface area contributed by atoms with E-state index in [-0.39, 0.29) is 23.1 Å². The summed E-state index contributed by atoms with van der Waals surface area (Å²) in [5, 5.41) is 8.75. The molecule has 1 amide bonds. The molecule has 0 aliphatic carbocycles. The molecule has 0 aliphatic heterocycles. The Kier molecular flexibility index (Phi) is 5.47. The van der Waals surface area contributed by atoms with E-state index in [0.29, 0.717) is 17.1 Å². The fourth-order valence-corrected chi connectivity index (χ4v) is 2.61. The van der Waals surface area contributed by atoms with Gasteiger partial charge in [-0.1, -0.05) is 29.5 Å². The van der Waals surface area contributed by atoms with Crippen LogP contribution < -0.4 is 10.1 Å². The minimum absolute atomic E-state index is 0.0112. The molecule has 0 atom stereocenters. The highest BCUT2D eigenvalue weighted by atomic mass is 32.1. The van der Waals surface area contributed by atoms with Crippen molar-refractivity contribution in [3.05, 3.63) is 70.5 Å². The first-order valence-electron chi connectivity index (χ1n) is 7.41. The van der Waals surface area contributed by atoms with Crippen LogP contribution >= 0.6 is 11.3 Å². The number of nitrogens with zero attached hydrogens (tertiary/aromatic N) is 2. The molecule has 0 radical (unpaired) electrons. The molecule has 9 heteroatoms. The Morgan fingerprint density at radius 1 is 1.15 bits per heavy atom. The number of alkyl halides is 2. The number of ether oxygens (including phenoxy) is 1. The van der Waals surface area contributed by atoms with Gasteiger partial charge in [0.25, 0.3) is 12.3 Å². The third-order valence-corrected chi connectivity index (χ3v) is 4.11. The van der Waals surface area contributed by atoms with Crippen LogP contribution in [0.3, 0.4) is 0 Å². The first kappa shape index (κ1) is 17.9. The molecule has 0 aliphatic rings. The van der Waals surface area contributed by atoms with Crippen molar-refractivity contribution in [2.45, 2.75) is 13.0 Å². The van der Waals surface area contributed by atoms with E-state index in [0.717, 1.165) is 5.56 Å². The van der Waals surface area contributed by atoms with Gasteiger partial charge in [-0.05, 0) is 35.9 Å². The molecule has 1 heterocycles. The number of anilines is 1. The molecule has 0 bridgehead atoms. The van der Waals surface area contributed by atoms with Crippen LogP contribution in [0.2, 0.25) is 0 Å². The molecule has 3 rings (SSSR count). The largest absolute Gasteiger partial charge is 0.489 e. The zero-order valence-corrected chi connectivity index (χ0v) is 14.0. The second-order valence-corrected chi connectivity index (χ2v) is 6.15. The third kappa shape index (κ3) is 4.57. The van der Waals surface area contributed by atoms with E-state index < -0.39 is 17.3 Å². The highest BCUT2D eigenvalue weighted by Crippen LogP contribution is 2.25. The average molecular weight is 379 g/mol. The van der Waals surface area contributed by atoms with E-state index in [1.165, 1.54) is 18.2 Å². The summed E-state index contributed by atoms with van der Waals surface area (Å²) in [5.74, 6) is -0.416. The highest BCUT2D eigenvalue weighted by Gasteiger charge is 2.16. The van der Waals surface area contributed by atoms with Crippen molar-refractivity contribution in [2.75, 3.05) is 5.32 Å². The lowest BCUT2D eigenvalue weighted by molar-refractivity contribution is 0.102. The number of hydrogen-bond acceptors (Lipinski definition) is 5.